The molecule has 0 N–H and O–H groups in total. The number of non-ortho nitro benzene ring substituents is 1. The molecular formula is C25H21N3O4S. The Balaban J connectivity index is 1.50. The summed E-state index contributed by atoms with van der Waals surface area (Å²) in [6.45, 7) is 2.02. The van der Waals surface area contributed by atoms with E-state index in [0.717, 1.165) is 17.5 Å². The van der Waals surface area contributed by atoms with E-state index in [2.05, 4.69) is 4.98 Å². The fourth-order valence-electron chi connectivity index (χ4n) is 3.58. The van der Waals surface area contributed by atoms with E-state index < -0.39 is 4.92 Å². The Morgan fingerprint density at radius 3 is 2.27 bits per heavy atom. The quantitative estimate of drug-likeness (QED) is 0.128. The van der Waals surface area contributed by atoms with Gasteiger partial charge in [-0.2, -0.15) is 0 Å². The Morgan fingerprint density at radius 1 is 1.03 bits per heavy atom. The van der Waals surface area contributed by atoms with Crippen LogP contribution in [0.2, 0.25) is 0 Å². The van der Waals surface area contributed by atoms with Gasteiger partial charge >= 0.3 is 0 Å². The number of rotatable bonds is 7. The van der Waals surface area contributed by atoms with E-state index in [1.165, 1.54) is 36.0 Å². The largest absolute Gasteiger partial charge is 0.290 e. The number of nitro benzene ring substituents is 1. The number of carbonyl (C=O) groups excluding carboxylic acids is 1. The highest BCUT2D eigenvalue weighted by molar-refractivity contribution is 7.98. The molecule has 0 fully saturated rings. The first-order valence-electron chi connectivity index (χ1n) is 10.4. The van der Waals surface area contributed by atoms with Crippen LogP contribution in [0.5, 0.6) is 0 Å². The van der Waals surface area contributed by atoms with Crippen LogP contribution in [0.1, 0.15) is 34.0 Å². The average Bonchev–Trinajstić information content (AvgIpc) is 2.84. The zero-order valence-corrected chi connectivity index (χ0v) is 19.0. The van der Waals surface area contributed by atoms with Crippen molar-refractivity contribution in [1.82, 2.24) is 9.55 Å². The smallest absolute Gasteiger partial charge is 0.269 e. The molecule has 166 valence electrons. The van der Waals surface area contributed by atoms with Crippen molar-refractivity contribution in [3.63, 3.8) is 0 Å². The molecule has 1 heterocycles. The van der Waals surface area contributed by atoms with E-state index in [9.17, 15) is 19.7 Å². The molecule has 0 spiro atoms. The molecule has 0 radical (unpaired) electrons. The van der Waals surface area contributed by atoms with Gasteiger partial charge in [-0.3, -0.25) is 24.3 Å². The minimum atomic E-state index is -0.496. The van der Waals surface area contributed by atoms with Gasteiger partial charge < -0.3 is 0 Å². The van der Waals surface area contributed by atoms with Crippen LogP contribution in [0.15, 0.2) is 76.7 Å². The fourth-order valence-corrected chi connectivity index (χ4v) is 4.51. The molecule has 3 aromatic carbocycles. The highest BCUT2D eigenvalue weighted by Gasteiger charge is 2.13. The number of hydrogen-bond donors (Lipinski definition) is 0. The molecule has 8 heteroatoms. The van der Waals surface area contributed by atoms with E-state index in [-0.39, 0.29) is 17.0 Å². The van der Waals surface area contributed by atoms with E-state index in [4.69, 9.17) is 0 Å². The van der Waals surface area contributed by atoms with Gasteiger partial charge in [-0.15, -0.1) is 0 Å². The van der Waals surface area contributed by atoms with Crippen LogP contribution in [-0.4, -0.2) is 20.3 Å². The van der Waals surface area contributed by atoms with Gasteiger partial charge in [-0.1, -0.05) is 55.1 Å². The Hall–Kier alpha value is -3.78. The third-order valence-corrected chi connectivity index (χ3v) is 6.56. The van der Waals surface area contributed by atoms with Crippen LogP contribution in [0.3, 0.4) is 0 Å². The minimum Gasteiger partial charge on any atom is -0.290 e. The van der Waals surface area contributed by atoms with Crippen LogP contribution < -0.4 is 5.56 Å². The van der Waals surface area contributed by atoms with Crippen LogP contribution in [-0.2, 0) is 19.2 Å². The molecule has 0 atom stereocenters. The highest BCUT2D eigenvalue weighted by atomic mass is 32.2. The SMILES string of the molecule is CCc1cccc2nc(SCc3ccc(C(=O)c4ccc([N+](=O)[O-])cc4)cc3)n(C)c(=O)c12. The second kappa shape index (κ2) is 9.38. The van der Waals surface area contributed by atoms with Crippen molar-refractivity contribution >= 4 is 34.1 Å². The van der Waals surface area contributed by atoms with E-state index in [1.807, 2.05) is 37.3 Å². The molecule has 0 unspecified atom stereocenters. The standard InChI is InChI=1S/C25H21N3O4S/c1-3-17-5-4-6-21-22(17)24(30)27(2)25(26-21)33-15-16-7-9-18(10-8-16)23(29)19-11-13-20(14-12-19)28(31)32/h4-14H,3,15H2,1-2H3. The normalized spacial score (nSPS) is 11.0. The maximum atomic E-state index is 12.9. The predicted octanol–water partition coefficient (Wildman–Crippen LogP) is 4.93. The van der Waals surface area contributed by atoms with Crippen molar-refractivity contribution in [1.29, 1.82) is 0 Å². The number of nitro groups is 1. The lowest BCUT2D eigenvalue weighted by molar-refractivity contribution is -0.384. The lowest BCUT2D eigenvalue weighted by Gasteiger charge is -2.11. The highest BCUT2D eigenvalue weighted by Crippen LogP contribution is 2.24. The molecule has 0 amide bonds. The number of nitrogens with zero attached hydrogens (tertiary/aromatic N) is 3. The lowest BCUT2D eigenvalue weighted by Crippen LogP contribution is -2.21. The maximum Gasteiger partial charge on any atom is 0.269 e. The van der Waals surface area contributed by atoms with Crippen molar-refractivity contribution in [2.75, 3.05) is 0 Å². The van der Waals surface area contributed by atoms with Crippen molar-refractivity contribution in [2.24, 2.45) is 7.05 Å². The second-order valence-corrected chi connectivity index (χ2v) is 8.48. The van der Waals surface area contributed by atoms with Gasteiger partial charge in [0.05, 0.1) is 15.8 Å². The topological polar surface area (TPSA) is 95.1 Å². The van der Waals surface area contributed by atoms with Crippen LogP contribution in [0, 0.1) is 10.1 Å². The summed E-state index contributed by atoms with van der Waals surface area (Å²) in [7, 11) is 1.73. The van der Waals surface area contributed by atoms with E-state index >= 15 is 0 Å². The molecular weight excluding hydrogens is 438 g/mol. The first-order valence-corrected chi connectivity index (χ1v) is 11.4. The van der Waals surface area contributed by atoms with Gasteiger partial charge in [0.2, 0.25) is 0 Å². The number of ketones is 1. The van der Waals surface area contributed by atoms with Crippen molar-refractivity contribution < 1.29 is 9.72 Å². The number of fused-ring (bicyclic) bond motifs is 1. The van der Waals surface area contributed by atoms with Crippen LogP contribution in [0.4, 0.5) is 5.69 Å². The summed E-state index contributed by atoms with van der Waals surface area (Å²) in [5.41, 5.74) is 3.46. The summed E-state index contributed by atoms with van der Waals surface area (Å²) >= 11 is 1.46. The summed E-state index contributed by atoms with van der Waals surface area (Å²) in [6.07, 6.45) is 0.770. The Labute approximate surface area is 194 Å². The lowest BCUT2D eigenvalue weighted by atomic mass is 10.0. The van der Waals surface area contributed by atoms with Crippen LogP contribution >= 0.6 is 11.8 Å². The van der Waals surface area contributed by atoms with Crippen molar-refractivity contribution in [2.45, 2.75) is 24.3 Å². The molecule has 0 aliphatic rings. The molecule has 33 heavy (non-hydrogen) atoms. The van der Waals surface area contributed by atoms with E-state index in [1.54, 1.807) is 23.7 Å². The number of carbonyl (C=O) groups is 1. The Bertz CT molecular complexity index is 1410. The van der Waals surface area contributed by atoms with Crippen LogP contribution in [0.25, 0.3) is 10.9 Å². The Kier molecular flexibility index (Phi) is 6.37. The molecule has 1 aromatic heterocycles. The van der Waals surface area contributed by atoms with Crippen molar-refractivity contribution in [3.05, 3.63) is 109 Å². The summed E-state index contributed by atoms with van der Waals surface area (Å²) in [6, 6.07) is 18.5. The third-order valence-electron chi connectivity index (χ3n) is 5.46. The second-order valence-electron chi connectivity index (χ2n) is 7.54. The van der Waals surface area contributed by atoms with Gasteiger partial charge in [0.25, 0.3) is 11.2 Å². The summed E-state index contributed by atoms with van der Waals surface area (Å²) in [5, 5.41) is 12.1. The number of hydrogen-bond acceptors (Lipinski definition) is 6. The molecule has 7 nitrogen and oxygen atoms in total. The summed E-state index contributed by atoms with van der Waals surface area (Å²) in [4.78, 5) is 40.5. The summed E-state index contributed by atoms with van der Waals surface area (Å²) < 4.78 is 1.58. The average molecular weight is 460 g/mol. The number of thioether (sulfide) groups is 1. The van der Waals surface area contributed by atoms with Crippen molar-refractivity contribution in [3.8, 4) is 0 Å². The summed E-state index contributed by atoms with van der Waals surface area (Å²) in [5.74, 6) is 0.389. The molecule has 4 rings (SSSR count). The van der Waals surface area contributed by atoms with Gasteiger partial charge in [0, 0.05) is 36.1 Å². The maximum absolute atomic E-state index is 12.9. The molecule has 0 bridgehead atoms. The predicted molar refractivity (Wildman–Crippen MR) is 129 cm³/mol. The Morgan fingerprint density at radius 2 is 1.67 bits per heavy atom. The molecule has 0 saturated heterocycles. The van der Waals surface area contributed by atoms with Gasteiger partial charge in [-0.05, 0) is 35.7 Å². The molecule has 0 saturated carbocycles. The molecule has 0 aliphatic carbocycles. The zero-order valence-electron chi connectivity index (χ0n) is 18.1. The van der Waals surface area contributed by atoms with E-state index in [0.29, 0.717) is 32.9 Å². The minimum absolute atomic E-state index is 0.0519. The molecule has 4 aromatic rings. The number of aromatic nitrogens is 2. The first-order chi connectivity index (χ1) is 15.9. The van der Waals surface area contributed by atoms with Gasteiger partial charge in [-0.25, -0.2) is 4.98 Å². The van der Waals surface area contributed by atoms with Gasteiger partial charge in [0.15, 0.2) is 10.9 Å². The zero-order chi connectivity index (χ0) is 23.5. The monoisotopic (exact) mass is 459 g/mol. The number of benzene rings is 3. The fraction of sp³-hybridized carbons (Fsp3) is 0.160. The molecule has 0 aliphatic heterocycles. The van der Waals surface area contributed by atoms with Gasteiger partial charge in [0.1, 0.15) is 0 Å². The number of aryl methyl sites for hydroxylation is 1. The third kappa shape index (κ3) is 4.56. The first kappa shape index (κ1) is 22.4.